The Morgan fingerprint density at radius 1 is 1.29 bits per heavy atom. The third-order valence-corrected chi connectivity index (χ3v) is 2.62. The number of halogens is 1. The number of hydrogen-bond donors (Lipinski definition) is 1. The largest absolute Gasteiger partial charge is 0.493 e. The topological polar surface area (TPSA) is 29.5 Å². The summed E-state index contributed by atoms with van der Waals surface area (Å²) in [6, 6.07) is 4.59. The molecule has 1 rings (SSSR count). The standard InChI is InChI=1S/C14H21FO2/c1-10(2)5-4-8-17-12-6-7-13(11(3)16)14(15)9-12/h6-7,9-11,16H,4-5,8H2,1-3H3. The van der Waals surface area contributed by atoms with Crippen molar-refractivity contribution in [3.05, 3.63) is 29.6 Å². The van der Waals surface area contributed by atoms with Gasteiger partial charge in [0.1, 0.15) is 11.6 Å². The Bertz CT molecular complexity index is 348. The van der Waals surface area contributed by atoms with Gasteiger partial charge in [0.05, 0.1) is 12.7 Å². The molecule has 0 saturated heterocycles. The Morgan fingerprint density at radius 3 is 2.53 bits per heavy atom. The Morgan fingerprint density at radius 2 is 2.00 bits per heavy atom. The molecule has 1 N–H and O–H groups in total. The van der Waals surface area contributed by atoms with Gasteiger partial charge in [-0.25, -0.2) is 4.39 Å². The van der Waals surface area contributed by atoms with E-state index in [1.165, 1.54) is 6.07 Å². The molecule has 0 aliphatic rings. The number of hydrogen-bond acceptors (Lipinski definition) is 2. The highest BCUT2D eigenvalue weighted by Gasteiger charge is 2.08. The van der Waals surface area contributed by atoms with Gasteiger partial charge < -0.3 is 9.84 Å². The van der Waals surface area contributed by atoms with E-state index in [0.717, 1.165) is 12.8 Å². The minimum atomic E-state index is -0.787. The number of aliphatic hydroxyl groups is 1. The molecule has 1 aromatic rings. The molecular weight excluding hydrogens is 219 g/mol. The van der Waals surface area contributed by atoms with Crippen molar-refractivity contribution in [3.8, 4) is 5.75 Å². The molecule has 0 heterocycles. The summed E-state index contributed by atoms with van der Waals surface area (Å²) in [5.74, 6) is 0.768. The summed E-state index contributed by atoms with van der Waals surface area (Å²) < 4.78 is 18.9. The SMILES string of the molecule is CC(C)CCCOc1ccc(C(C)O)c(F)c1. The summed E-state index contributed by atoms with van der Waals surface area (Å²) in [6.07, 6.45) is 1.29. The number of aliphatic hydroxyl groups excluding tert-OH is 1. The molecule has 1 unspecified atom stereocenters. The van der Waals surface area contributed by atoms with Gasteiger partial charge in [-0.2, -0.15) is 0 Å². The molecule has 2 nitrogen and oxygen atoms in total. The number of benzene rings is 1. The zero-order valence-corrected chi connectivity index (χ0v) is 10.7. The summed E-state index contributed by atoms with van der Waals surface area (Å²) in [5.41, 5.74) is 0.305. The van der Waals surface area contributed by atoms with Crippen LogP contribution < -0.4 is 4.74 Å². The molecule has 0 aromatic heterocycles. The summed E-state index contributed by atoms with van der Waals surface area (Å²) in [4.78, 5) is 0. The average Bonchev–Trinajstić information content (AvgIpc) is 2.23. The summed E-state index contributed by atoms with van der Waals surface area (Å²) in [5, 5.41) is 9.29. The van der Waals surface area contributed by atoms with E-state index < -0.39 is 11.9 Å². The van der Waals surface area contributed by atoms with Gasteiger partial charge in [-0.15, -0.1) is 0 Å². The maximum Gasteiger partial charge on any atom is 0.132 e. The van der Waals surface area contributed by atoms with Gasteiger partial charge in [0.15, 0.2) is 0 Å². The third kappa shape index (κ3) is 4.73. The predicted molar refractivity (Wildman–Crippen MR) is 66.6 cm³/mol. The van der Waals surface area contributed by atoms with Crippen molar-refractivity contribution in [1.82, 2.24) is 0 Å². The van der Waals surface area contributed by atoms with Crippen LogP contribution in [0.25, 0.3) is 0 Å². The molecule has 0 amide bonds. The van der Waals surface area contributed by atoms with Crippen molar-refractivity contribution in [2.24, 2.45) is 5.92 Å². The van der Waals surface area contributed by atoms with E-state index in [1.807, 2.05) is 0 Å². The van der Waals surface area contributed by atoms with E-state index >= 15 is 0 Å². The van der Waals surface area contributed by atoms with Gasteiger partial charge >= 0.3 is 0 Å². The molecule has 3 heteroatoms. The van der Waals surface area contributed by atoms with Crippen molar-refractivity contribution >= 4 is 0 Å². The Labute approximate surface area is 102 Å². The second-order valence-electron chi connectivity index (χ2n) is 4.74. The van der Waals surface area contributed by atoms with Crippen LogP contribution in [0.4, 0.5) is 4.39 Å². The minimum Gasteiger partial charge on any atom is -0.493 e. The van der Waals surface area contributed by atoms with E-state index in [2.05, 4.69) is 13.8 Å². The van der Waals surface area contributed by atoms with E-state index in [0.29, 0.717) is 23.8 Å². The fraction of sp³-hybridized carbons (Fsp3) is 0.571. The molecule has 1 aromatic carbocycles. The first-order valence-electron chi connectivity index (χ1n) is 6.11. The number of ether oxygens (including phenoxy) is 1. The maximum atomic E-state index is 13.5. The molecule has 1 atom stereocenters. The first-order valence-corrected chi connectivity index (χ1v) is 6.11. The van der Waals surface area contributed by atoms with Crippen LogP contribution in [-0.4, -0.2) is 11.7 Å². The van der Waals surface area contributed by atoms with Crippen LogP contribution in [-0.2, 0) is 0 Å². The van der Waals surface area contributed by atoms with Crippen molar-refractivity contribution in [2.45, 2.75) is 39.7 Å². The van der Waals surface area contributed by atoms with E-state index in [1.54, 1.807) is 19.1 Å². The van der Waals surface area contributed by atoms with Crippen molar-refractivity contribution in [2.75, 3.05) is 6.61 Å². The van der Waals surface area contributed by atoms with Gasteiger partial charge in [0.25, 0.3) is 0 Å². The van der Waals surface area contributed by atoms with E-state index in [-0.39, 0.29) is 0 Å². The fourth-order valence-electron chi connectivity index (χ4n) is 1.62. The third-order valence-electron chi connectivity index (χ3n) is 2.62. The summed E-state index contributed by atoms with van der Waals surface area (Å²) in [7, 11) is 0. The normalized spacial score (nSPS) is 12.8. The highest BCUT2D eigenvalue weighted by Crippen LogP contribution is 2.21. The van der Waals surface area contributed by atoms with Crippen LogP contribution in [0.3, 0.4) is 0 Å². The van der Waals surface area contributed by atoms with Crippen molar-refractivity contribution < 1.29 is 14.2 Å². The van der Waals surface area contributed by atoms with Crippen LogP contribution >= 0.6 is 0 Å². The highest BCUT2D eigenvalue weighted by atomic mass is 19.1. The Balaban J connectivity index is 2.47. The predicted octanol–water partition coefficient (Wildman–Crippen LogP) is 3.69. The van der Waals surface area contributed by atoms with Crippen LogP contribution in [0.1, 0.15) is 45.3 Å². The maximum absolute atomic E-state index is 13.5. The minimum absolute atomic E-state index is 0.305. The molecule has 0 saturated carbocycles. The lowest BCUT2D eigenvalue weighted by molar-refractivity contribution is 0.194. The molecule has 0 aliphatic carbocycles. The summed E-state index contributed by atoms with van der Waals surface area (Å²) >= 11 is 0. The lowest BCUT2D eigenvalue weighted by Crippen LogP contribution is -2.01. The number of rotatable bonds is 6. The van der Waals surface area contributed by atoms with Crippen LogP contribution in [0.15, 0.2) is 18.2 Å². The van der Waals surface area contributed by atoms with Gasteiger partial charge in [0, 0.05) is 11.6 Å². The van der Waals surface area contributed by atoms with Gasteiger partial charge in [-0.05, 0) is 37.8 Å². The lowest BCUT2D eigenvalue weighted by Gasteiger charge is -2.10. The van der Waals surface area contributed by atoms with Crippen LogP contribution in [0, 0.1) is 11.7 Å². The highest BCUT2D eigenvalue weighted by molar-refractivity contribution is 5.29. The molecule has 0 spiro atoms. The first kappa shape index (κ1) is 14.0. The molecule has 0 fully saturated rings. The van der Waals surface area contributed by atoms with Gasteiger partial charge in [-0.3, -0.25) is 0 Å². The zero-order chi connectivity index (χ0) is 12.8. The van der Waals surface area contributed by atoms with Crippen molar-refractivity contribution in [3.63, 3.8) is 0 Å². The smallest absolute Gasteiger partial charge is 0.132 e. The molecule has 0 aliphatic heterocycles. The van der Waals surface area contributed by atoms with E-state index in [4.69, 9.17) is 4.74 Å². The Hall–Kier alpha value is -1.09. The average molecular weight is 240 g/mol. The molecule has 0 bridgehead atoms. The molecular formula is C14H21FO2. The van der Waals surface area contributed by atoms with E-state index in [9.17, 15) is 9.50 Å². The molecule has 96 valence electrons. The molecule has 17 heavy (non-hydrogen) atoms. The monoisotopic (exact) mass is 240 g/mol. The first-order chi connectivity index (χ1) is 8.00. The molecule has 0 radical (unpaired) electrons. The Kier molecular flexibility index (Phi) is 5.42. The second kappa shape index (κ2) is 6.60. The van der Waals surface area contributed by atoms with Crippen LogP contribution in [0.2, 0.25) is 0 Å². The zero-order valence-electron chi connectivity index (χ0n) is 10.7. The van der Waals surface area contributed by atoms with Gasteiger partial charge in [0.2, 0.25) is 0 Å². The quantitative estimate of drug-likeness (QED) is 0.768. The van der Waals surface area contributed by atoms with Crippen molar-refractivity contribution in [1.29, 1.82) is 0 Å². The lowest BCUT2D eigenvalue weighted by atomic mass is 10.1. The summed E-state index contributed by atoms with van der Waals surface area (Å²) in [6.45, 7) is 6.47. The second-order valence-corrected chi connectivity index (χ2v) is 4.74. The van der Waals surface area contributed by atoms with Crippen LogP contribution in [0.5, 0.6) is 5.75 Å². The fourth-order valence-corrected chi connectivity index (χ4v) is 1.62. The van der Waals surface area contributed by atoms with Gasteiger partial charge in [-0.1, -0.05) is 13.8 Å².